The minimum absolute atomic E-state index is 0.504. The van der Waals surface area contributed by atoms with Gasteiger partial charge in [0.2, 0.25) is 0 Å². The molecule has 0 radical (unpaired) electrons. The standard InChI is InChI=1S/C13H27N3O2/c1-5-15-13(2,11-14)12-16(8-10-18-4)7-6-9-17-3/h15H,5-10,12H2,1-4H3. The van der Waals surface area contributed by atoms with Gasteiger partial charge in [-0.1, -0.05) is 6.92 Å². The molecule has 0 aliphatic rings. The van der Waals surface area contributed by atoms with Crippen molar-refractivity contribution in [2.75, 3.05) is 53.6 Å². The van der Waals surface area contributed by atoms with E-state index in [-0.39, 0.29) is 0 Å². The molecule has 0 aromatic heterocycles. The van der Waals surface area contributed by atoms with Gasteiger partial charge in [0.1, 0.15) is 5.54 Å². The Morgan fingerprint density at radius 2 is 1.89 bits per heavy atom. The third-order valence-electron chi connectivity index (χ3n) is 2.79. The Balaban J connectivity index is 4.31. The quantitative estimate of drug-likeness (QED) is 0.556. The summed E-state index contributed by atoms with van der Waals surface area (Å²) in [6.45, 7) is 8.62. The van der Waals surface area contributed by atoms with E-state index in [9.17, 15) is 5.26 Å². The van der Waals surface area contributed by atoms with Gasteiger partial charge in [0.15, 0.2) is 0 Å². The first-order chi connectivity index (χ1) is 8.61. The molecule has 1 unspecified atom stereocenters. The Bertz CT molecular complexity index is 243. The summed E-state index contributed by atoms with van der Waals surface area (Å²) < 4.78 is 10.2. The van der Waals surface area contributed by atoms with Crippen LogP contribution in [0.25, 0.3) is 0 Å². The van der Waals surface area contributed by atoms with Crippen molar-refractivity contribution in [1.82, 2.24) is 10.2 Å². The van der Waals surface area contributed by atoms with E-state index < -0.39 is 5.54 Å². The lowest BCUT2D eigenvalue weighted by atomic mass is 10.0. The van der Waals surface area contributed by atoms with E-state index in [0.29, 0.717) is 13.2 Å². The van der Waals surface area contributed by atoms with Crippen molar-refractivity contribution in [1.29, 1.82) is 5.26 Å². The minimum atomic E-state index is -0.504. The van der Waals surface area contributed by atoms with E-state index in [1.165, 1.54) is 0 Å². The second-order valence-electron chi connectivity index (χ2n) is 4.59. The number of nitrogens with one attached hydrogen (secondary N) is 1. The highest BCUT2D eigenvalue weighted by molar-refractivity contribution is 5.05. The molecule has 18 heavy (non-hydrogen) atoms. The van der Waals surface area contributed by atoms with E-state index >= 15 is 0 Å². The molecule has 0 rings (SSSR count). The molecule has 0 aliphatic heterocycles. The molecule has 5 heteroatoms. The Morgan fingerprint density at radius 3 is 2.39 bits per heavy atom. The zero-order valence-corrected chi connectivity index (χ0v) is 12.2. The number of likely N-dealkylation sites (N-methyl/N-ethyl adjacent to an activating group) is 1. The van der Waals surface area contributed by atoms with Crippen LogP contribution in [-0.2, 0) is 9.47 Å². The van der Waals surface area contributed by atoms with Crippen LogP contribution in [0.4, 0.5) is 0 Å². The van der Waals surface area contributed by atoms with Crippen LogP contribution in [0.5, 0.6) is 0 Å². The van der Waals surface area contributed by atoms with Crippen molar-refractivity contribution in [2.45, 2.75) is 25.8 Å². The number of nitrogens with zero attached hydrogens (tertiary/aromatic N) is 2. The van der Waals surface area contributed by atoms with Crippen molar-refractivity contribution in [3.63, 3.8) is 0 Å². The topological polar surface area (TPSA) is 57.5 Å². The second-order valence-corrected chi connectivity index (χ2v) is 4.59. The monoisotopic (exact) mass is 257 g/mol. The molecular weight excluding hydrogens is 230 g/mol. The molecule has 0 amide bonds. The highest BCUT2D eigenvalue weighted by atomic mass is 16.5. The number of ether oxygens (including phenoxy) is 2. The van der Waals surface area contributed by atoms with Gasteiger partial charge in [-0.3, -0.25) is 10.2 Å². The van der Waals surface area contributed by atoms with Gasteiger partial charge in [0, 0.05) is 40.5 Å². The molecule has 1 N–H and O–H groups in total. The average molecular weight is 257 g/mol. The molecule has 106 valence electrons. The van der Waals surface area contributed by atoms with Crippen molar-refractivity contribution >= 4 is 0 Å². The first-order valence-electron chi connectivity index (χ1n) is 6.48. The van der Waals surface area contributed by atoms with E-state index in [4.69, 9.17) is 9.47 Å². The molecule has 0 saturated carbocycles. The smallest absolute Gasteiger partial charge is 0.116 e. The second kappa shape index (κ2) is 10.3. The number of nitriles is 1. The number of hydrogen-bond donors (Lipinski definition) is 1. The lowest BCUT2D eigenvalue weighted by molar-refractivity contribution is 0.121. The van der Waals surface area contributed by atoms with Gasteiger partial charge in [-0.05, 0) is 19.9 Å². The lowest BCUT2D eigenvalue weighted by Crippen LogP contribution is -2.51. The normalized spacial score (nSPS) is 14.4. The first kappa shape index (κ1) is 17.3. The van der Waals surface area contributed by atoms with Crippen molar-refractivity contribution in [2.24, 2.45) is 0 Å². The zero-order chi connectivity index (χ0) is 13.9. The fourth-order valence-electron chi connectivity index (χ4n) is 1.89. The van der Waals surface area contributed by atoms with Crippen molar-refractivity contribution < 1.29 is 9.47 Å². The van der Waals surface area contributed by atoms with Crippen molar-refractivity contribution in [3.8, 4) is 6.07 Å². The summed E-state index contributed by atoms with van der Waals surface area (Å²) in [5.41, 5.74) is -0.504. The average Bonchev–Trinajstić information content (AvgIpc) is 2.36. The summed E-state index contributed by atoms with van der Waals surface area (Å²) in [4.78, 5) is 2.24. The van der Waals surface area contributed by atoms with E-state index in [1.54, 1.807) is 14.2 Å². The van der Waals surface area contributed by atoms with Gasteiger partial charge in [-0.25, -0.2) is 0 Å². The molecular formula is C13H27N3O2. The number of methoxy groups -OCH3 is 2. The van der Waals surface area contributed by atoms with Crippen LogP contribution < -0.4 is 5.32 Å². The maximum atomic E-state index is 9.27. The van der Waals surface area contributed by atoms with Gasteiger partial charge in [0.25, 0.3) is 0 Å². The van der Waals surface area contributed by atoms with Crippen LogP contribution >= 0.6 is 0 Å². The Labute approximate surface area is 111 Å². The van der Waals surface area contributed by atoms with Crippen LogP contribution in [0.3, 0.4) is 0 Å². The Kier molecular flexibility index (Phi) is 9.89. The van der Waals surface area contributed by atoms with Crippen LogP contribution in [0, 0.1) is 11.3 Å². The molecule has 0 bridgehead atoms. The minimum Gasteiger partial charge on any atom is -0.385 e. The van der Waals surface area contributed by atoms with Gasteiger partial charge in [-0.15, -0.1) is 0 Å². The van der Waals surface area contributed by atoms with Gasteiger partial charge in [0.05, 0.1) is 12.7 Å². The highest BCUT2D eigenvalue weighted by Crippen LogP contribution is 2.06. The van der Waals surface area contributed by atoms with Crippen LogP contribution in [0.2, 0.25) is 0 Å². The van der Waals surface area contributed by atoms with Crippen LogP contribution in [0.15, 0.2) is 0 Å². The highest BCUT2D eigenvalue weighted by Gasteiger charge is 2.25. The largest absolute Gasteiger partial charge is 0.385 e. The first-order valence-corrected chi connectivity index (χ1v) is 6.48. The summed E-state index contributed by atoms with van der Waals surface area (Å²) in [5, 5.41) is 12.5. The lowest BCUT2D eigenvalue weighted by Gasteiger charge is -2.31. The molecule has 0 fully saturated rings. The van der Waals surface area contributed by atoms with Gasteiger partial charge >= 0.3 is 0 Å². The Hall–Kier alpha value is -0.670. The molecule has 0 aromatic rings. The number of hydrogen-bond acceptors (Lipinski definition) is 5. The summed E-state index contributed by atoms with van der Waals surface area (Å²) >= 11 is 0. The summed E-state index contributed by atoms with van der Waals surface area (Å²) in [6, 6.07) is 2.35. The van der Waals surface area contributed by atoms with Crippen molar-refractivity contribution in [3.05, 3.63) is 0 Å². The Morgan fingerprint density at radius 1 is 1.22 bits per heavy atom. The predicted molar refractivity (Wildman–Crippen MR) is 72.5 cm³/mol. The molecule has 5 nitrogen and oxygen atoms in total. The van der Waals surface area contributed by atoms with Crippen LogP contribution in [0.1, 0.15) is 20.3 Å². The van der Waals surface area contributed by atoms with Gasteiger partial charge in [-0.2, -0.15) is 5.26 Å². The molecule has 0 aliphatic carbocycles. The fourth-order valence-corrected chi connectivity index (χ4v) is 1.89. The van der Waals surface area contributed by atoms with Gasteiger partial charge < -0.3 is 9.47 Å². The predicted octanol–water partition coefficient (Wildman–Crippen LogP) is 0.863. The molecule has 0 spiro atoms. The fraction of sp³-hybridized carbons (Fsp3) is 0.923. The zero-order valence-electron chi connectivity index (χ0n) is 12.2. The molecule has 1 atom stereocenters. The van der Waals surface area contributed by atoms with E-state index in [2.05, 4.69) is 16.3 Å². The summed E-state index contributed by atoms with van der Waals surface area (Å²) in [7, 11) is 3.40. The molecule has 0 aromatic carbocycles. The third-order valence-corrected chi connectivity index (χ3v) is 2.79. The maximum absolute atomic E-state index is 9.27. The van der Waals surface area contributed by atoms with E-state index in [1.807, 2.05) is 13.8 Å². The number of rotatable bonds is 11. The van der Waals surface area contributed by atoms with Crippen LogP contribution in [-0.4, -0.2) is 64.1 Å². The van der Waals surface area contributed by atoms with E-state index in [0.717, 1.165) is 32.7 Å². The maximum Gasteiger partial charge on any atom is 0.116 e. The summed E-state index contributed by atoms with van der Waals surface area (Å²) in [6.07, 6.45) is 0.966. The summed E-state index contributed by atoms with van der Waals surface area (Å²) in [5.74, 6) is 0. The molecule has 0 saturated heterocycles. The third kappa shape index (κ3) is 7.62. The SMILES string of the molecule is CCNC(C)(C#N)CN(CCCOC)CCOC. The molecule has 0 heterocycles.